The number of nitrogens with zero attached hydrogens (tertiary/aromatic N) is 1. The number of rotatable bonds is 6. The minimum atomic E-state index is -0.397. The number of H-pyrrole nitrogens is 1. The molecule has 1 heterocycles. The molecule has 0 spiro atoms. The Labute approximate surface area is 143 Å². The molecule has 0 saturated carbocycles. The van der Waals surface area contributed by atoms with E-state index in [9.17, 15) is 9.59 Å². The van der Waals surface area contributed by atoms with E-state index in [2.05, 4.69) is 56.3 Å². The Hall–Kier alpha value is -2.15. The van der Waals surface area contributed by atoms with Crippen LogP contribution in [0.1, 0.15) is 37.2 Å². The lowest BCUT2D eigenvalue weighted by atomic mass is 9.97. The van der Waals surface area contributed by atoms with Gasteiger partial charge in [0.1, 0.15) is 11.5 Å². The second-order valence-electron chi connectivity index (χ2n) is 5.38. The lowest BCUT2D eigenvalue weighted by Gasteiger charge is -2.15. The molecule has 1 aromatic rings. The van der Waals surface area contributed by atoms with E-state index in [0.29, 0.717) is 10.3 Å². The van der Waals surface area contributed by atoms with Gasteiger partial charge in [0.2, 0.25) is 0 Å². The van der Waals surface area contributed by atoms with E-state index in [0.717, 1.165) is 24.1 Å². The molecule has 1 amide bonds. The summed E-state index contributed by atoms with van der Waals surface area (Å²) in [5.74, 6) is -0.0411. The number of hydrogen-bond donors (Lipinski definition) is 3. The van der Waals surface area contributed by atoms with Crippen LogP contribution in [-0.4, -0.2) is 28.4 Å². The average molecular weight is 379 g/mol. The molecule has 0 atom stereocenters. The van der Waals surface area contributed by atoms with Crippen LogP contribution in [0.2, 0.25) is 0 Å². The van der Waals surface area contributed by atoms with Gasteiger partial charge in [-0.3, -0.25) is 14.7 Å². The van der Waals surface area contributed by atoms with Gasteiger partial charge >= 0.3 is 0 Å². The summed E-state index contributed by atoms with van der Waals surface area (Å²) < 4.78 is 0.498. The van der Waals surface area contributed by atoms with E-state index < -0.39 is 5.91 Å². The number of allylic oxidation sites excluding steroid dienone is 3. The highest BCUT2D eigenvalue weighted by Crippen LogP contribution is 2.28. The molecule has 122 valence electrons. The highest BCUT2D eigenvalue weighted by atomic mass is 79.9. The molecule has 0 bridgehead atoms. The topological polar surface area (TPSA) is 86.9 Å². The van der Waals surface area contributed by atoms with Gasteiger partial charge in [-0.1, -0.05) is 24.3 Å². The number of anilines is 1. The first-order chi connectivity index (χ1) is 10.9. The fraction of sp³-hybridized carbons (Fsp3) is 0.312. The molecule has 6 nitrogen and oxygen atoms in total. The Morgan fingerprint density at radius 3 is 2.87 bits per heavy atom. The van der Waals surface area contributed by atoms with E-state index in [1.807, 2.05) is 6.08 Å². The highest BCUT2D eigenvalue weighted by Gasteiger charge is 2.18. The predicted octanol–water partition coefficient (Wildman–Crippen LogP) is 3.08. The highest BCUT2D eigenvalue weighted by molar-refractivity contribution is 9.10. The molecule has 0 fully saturated rings. The van der Waals surface area contributed by atoms with Gasteiger partial charge in [0.25, 0.3) is 5.91 Å². The van der Waals surface area contributed by atoms with E-state index in [4.69, 9.17) is 0 Å². The molecule has 23 heavy (non-hydrogen) atoms. The molecule has 1 aliphatic rings. The van der Waals surface area contributed by atoms with Crippen LogP contribution in [0.3, 0.4) is 0 Å². The van der Waals surface area contributed by atoms with E-state index >= 15 is 0 Å². The van der Waals surface area contributed by atoms with Crippen LogP contribution in [0, 0.1) is 0 Å². The van der Waals surface area contributed by atoms with Crippen molar-refractivity contribution in [3.8, 4) is 0 Å². The molecule has 0 unspecified atom stereocenters. The van der Waals surface area contributed by atoms with Crippen molar-refractivity contribution in [2.45, 2.75) is 26.7 Å². The molecular formula is C16H19BrN4O2. The standard InChI is InChI=1S/C16H19BrN4O2/c1-9-6-4-5-7-12(9)11(3)19-15-13(17)14(20-21-15)16(23)18-8-10(2)22/h5,7H,3-4,6,8H2,1-2H3,(H,18,23)(H2,19,20,21). The lowest BCUT2D eigenvalue weighted by Crippen LogP contribution is -2.28. The van der Waals surface area contributed by atoms with Crippen molar-refractivity contribution in [1.29, 1.82) is 0 Å². The monoisotopic (exact) mass is 378 g/mol. The molecular weight excluding hydrogens is 360 g/mol. The Morgan fingerprint density at radius 2 is 2.22 bits per heavy atom. The van der Waals surface area contributed by atoms with Gasteiger partial charge in [0, 0.05) is 5.70 Å². The van der Waals surface area contributed by atoms with E-state index in [1.54, 1.807) is 0 Å². The summed E-state index contributed by atoms with van der Waals surface area (Å²) in [5.41, 5.74) is 3.29. The third kappa shape index (κ3) is 4.19. The molecule has 3 N–H and O–H groups in total. The van der Waals surface area contributed by atoms with Crippen molar-refractivity contribution in [2.75, 3.05) is 11.9 Å². The minimum Gasteiger partial charge on any atom is -0.344 e. The van der Waals surface area contributed by atoms with Crippen LogP contribution < -0.4 is 10.6 Å². The SMILES string of the molecule is C=C(Nc1n[nH]c(C(=O)NCC(C)=O)c1Br)C1=C(C)CCC=C1. The molecule has 1 aromatic heterocycles. The number of Topliss-reactive ketones (excluding diaryl/α,β-unsaturated/α-hetero) is 1. The molecule has 0 saturated heterocycles. The smallest absolute Gasteiger partial charge is 0.270 e. The summed E-state index contributed by atoms with van der Waals surface area (Å²) in [7, 11) is 0. The Bertz CT molecular complexity index is 716. The maximum absolute atomic E-state index is 12.0. The first kappa shape index (κ1) is 17.2. The molecule has 1 aliphatic carbocycles. The number of aromatic nitrogens is 2. The van der Waals surface area contributed by atoms with Crippen LogP contribution in [-0.2, 0) is 4.79 Å². The number of aromatic amines is 1. The van der Waals surface area contributed by atoms with Gasteiger partial charge in [-0.15, -0.1) is 0 Å². The summed E-state index contributed by atoms with van der Waals surface area (Å²) in [4.78, 5) is 22.9. The summed E-state index contributed by atoms with van der Waals surface area (Å²) in [6.45, 7) is 7.51. The minimum absolute atomic E-state index is 0.0172. The van der Waals surface area contributed by atoms with Gasteiger partial charge < -0.3 is 10.6 Å². The maximum Gasteiger partial charge on any atom is 0.270 e. The van der Waals surface area contributed by atoms with E-state index in [1.165, 1.54) is 12.5 Å². The number of nitrogens with one attached hydrogen (secondary N) is 3. The normalized spacial score (nSPS) is 13.9. The quantitative estimate of drug-likeness (QED) is 0.709. The fourth-order valence-corrected chi connectivity index (χ4v) is 2.66. The van der Waals surface area contributed by atoms with Crippen molar-refractivity contribution in [2.24, 2.45) is 0 Å². The molecule has 2 rings (SSSR count). The van der Waals surface area contributed by atoms with Gasteiger partial charge in [-0.2, -0.15) is 5.10 Å². The zero-order valence-electron chi connectivity index (χ0n) is 13.1. The molecule has 0 radical (unpaired) electrons. The lowest BCUT2D eigenvalue weighted by molar-refractivity contribution is -0.116. The van der Waals surface area contributed by atoms with Crippen molar-refractivity contribution in [1.82, 2.24) is 15.5 Å². The summed E-state index contributed by atoms with van der Waals surface area (Å²) in [6.07, 6.45) is 6.19. The second-order valence-corrected chi connectivity index (χ2v) is 6.18. The van der Waals surface area contributed by atoms with Crippen molar-refractivity contribution >= 4 is 33.4 Å². The molecule has 0 aromatic carbocycles. The summed E-state index contributed by atoms with van der Waals surface area (Å²) in [6, 6.07) is 0. The number of halogens is 1. The molecule has 0 aliphatic heterocycles. The zero-order valence-corrected chi connectivity index (χ0v) is 14.7. The van der Waals surface area contributed by atoms with Crippen LogP contribution in [0.15, 0.2) is 40.0 Å². The Morgan fingerprint density at radius 1 is 1.48 bits per heavy atom. The molecule has 7 heteroatoms. The second kappa shape index (κ2) is 7.41. The van der Waals surface area contributed by atoms with Crippen LogP contribution in [0.5, 0.6) is 0 Å². The first-order valence-corrected chi connectivity index (χ1v) is 8.03. The van der Waals surface area contributed by atoms with Crippen molar-refractivity contribution in [3.05, 3.63) is 45.7 Å². The van der Waals surface area contributed by atoms with Crippen LogP contribution >= 0.6 is 15.9 Å². The zero-order chi connectivity index (χ0) is 17.0. The maximum atomic E-state index is 12.0. The number of carbonyl (C=O) groups is 2. The van der Waals surface area contributed by atoms with Crippen molar-refractivity contribution in [3.63, 3.8) is 0 Å². The van der Waals surface area contributed by atoms with Gasteiger partial charge in [-0.05, 0) is 48.2 Å². The first-order valence-electron chi connectivity index (χ1n) is 7.24. The number of carbonyl (C=O) groups excluding carboxylic acids is 2. The van der Waals surface area contributed by atoms with Crippen molar-refractivity contribution < 1.29 is 9.59 Å². The van der Waals surface area contributed by atoms with Crippen LogP contribution in [0.4, 0.5) is 5.82 Å². The van der Waals surface area contributed by atoms with Crippen LogP contribution in [0.25, 0.3) is 0 Å². The average Bonchev–Trinajstić information content (AvgIpc) is 2.86. The predicted molar refractivity (Wildman–Crippen MR) is 93.1 cm³/mol. The largest absolute Gasteiger partial charge is 0.344 e. The number of ketones is 1. The summed E-state index contributed by atoms with van der Waals surface area (Å²) in [5, 5.41) is 12.4. The number of amides is 1. The van der Waals surface area contributed by atoms with Gasteiger partial charge in [-0.25, -0.2) is 0 Å². The van der Waals surface area contributed by atoms with E-state index in [-0.39, 0.29) is 18.0 Å². The Kier molecular flexibility index (Phi) is 5.54. The third-order valence-electron chi connectivity index (χ3n) is 3.46. The number of hydrogen-bond acceptors (Lipinski definition) is 4. The van der Waals surface area contributed by atoms with Gasteiger partial charge in [0.05, 0.1) is 11.0 Å². The third-order valence-corrected chi connectivity index (χ3v) is 4.23. The summed E-state index contributed by atoms with van der Waals surface area (Å²) >= 11 is 3.35. The fourth-order valence-electron chi connectivity index (χ4n) is 2.20. The Balaban J connectivity index is 2.10. The van der Waals surface area contributed by atoms with Gasteiger partial charge in [0.15, 0.2) is 5.82 Å².